The third kappa shape index (κ3) is 8.25. The molecule has 5 rings (SSSR count). The van der Waals surface area contributed by atoms with Gasteiger partial charge in [0.1, 0.15) is 11.5 Å². The smallest absolute Gasteiger partial charge is 0.272 e. The second-order valence-corrected chi connectivity index (χ2v) is 11.0. The van der Waals surface area contributed by atoms with Gasteiger partial charge in [0.25, 0.3) is 11.8 Å². The number of hydrogen-bond acceptors (Lipinski definition) is 6. The molecular formula is C33H25FN4O3S2. The van der Waals surface area contributed by atoms with Crippen LogP contribution in [0.2, 0.25) is 0 Å². The van der Waals surface area contributed by atoms with E-state index in [1.165, 1.54) is 41.3 Å². The number of amides is 3. The van der Waals surface area contributed by atoms with Crippen LogP contribution in [-0.4, -0.2) is 28.5 Å². The van der Waals surface area contributed by atoms with E-state index in [-0.39, 0.29) is 22.9 Å². The van der Waals surface area contributed by atoms with Crippen LogP contribution in [-0.2, 0) is 9.59 Å². The normalized spacial score (nSPS) is 11.0. The summed E-state index contributed by atoms with van der Waals surface area (Å²) in [5, 5.41) is 10.6. The summed E-state index contributed by atoms with van der Waals surface area (Å²) in [6.45, 7) is 0. The van der Waals surface area contributed by atoms with Crippen molar-refractivity contribution < 1.29 is 18.8 Å². The molecule has 5 aromatic rings. The summed E-state index contributed by atoms with van der Waals surface area (Å²) in [5.41, 5.74) is 2.63. The molecule has 0 aliphatic carbocycles. The van der Waals surface area contributed by atoms with Crippen molar-refractivity contribution in [1.82, 2.24) is 10.3 Å². The quantitative estimate of drug-likeness (QED) is 0.116. The van der Waals surface area contributed by atoms with Crippen molar-refractivity contribution in [3.05, 3.63) is 137 Å². The summed E-state index contributed by atoms with van der Waals surface area (Å²) in [6.07, 6.45) is 1.29. The Balaban J connectivity index is 1.19. The molecule has 0 aliphatic rings. The van der Waals surface area contributed by atoms with E-state index in [1.807, 2.05) is 35.7 Å². The van der Waals surface area contributed by atoms with Crippen molar-refractivity contribution in [2.45, 2.75) is 4.90 Å². The summed E-state index contributed by atoms with van der Waals surface area (Å²) in [7, 11) is 0. The monoisotopic (exact) mass is 608 g/mol. The number of thiazole rings is 1. The van der Waals surface area contributed by atoms with E-state index in [1.54, 1.807) is 66.7 Å². The van der Waals surface area contributed by atoms with Gasteiger partial charge in [-0.15, -0.1) is 23.1 Å². The highest BCUT2D eigenvalue weighted by molar-refractivity contribution is 8.00. The number of aromatic nitrogens is 1. The predicted molar refractivity (Wildman–Crippen MR) is 170 cm³/mol. The Morgan fingerprint density at radius 3 is 2.21 bits per heavy atom. The fourth-order valence-electron chi connectivity index (χ4n) is 3.90. The van der Waals surface area contributed by atoms with Crippen molar-refractivity contribution in [3.8, 4) is 11.3 Å². The maximum absolute atomic E-state index is 14.3. The van der Waals surface area contributed by atoms with Gasteiger partial charge < -0.3 is 16.0 Å². The Morgan fingerprint density at radius 1 is 0.814 bits per heavy atom. The lowest BCUT2D eigenvalue weighted by molar-refractivity contribution is -0.114. The van der Waals surface area contributed by atoms with Crippen molar-refractivity contribution in [2.75, 3.05) is 16.4 Å². The molecule has 7 nitrogen and oxygen atoms in total. The van der Waals surface area contributed by atoms with Gasteiger partial charge in [-0.3, -0.25) is 14.4 Å². The van der Waals surface area contributed by atoms with Crippen LogP contribution in [0, 0.1) is 5.82 Å². The fraction of sp³-hybridized carbons (Fsp3) is 0.0303. The highest BCUT2D eigenvalue weighted by Crippen LogP contribution is 2.26. The highest BCUT2D eigenvalue weighted by atomic mass is 32.2. The molecule has 1 heterocycles. The molecule has 3 amide bonds. The van der Waals surface area contributed by atoms with Crippen LogP contribution in [0.15, 0.2) is 125 Å². The number of halogens is 1. The van der Waals surface area contributed by atoms with Gasteiger partial charge in [-0.2, -0.15) is 0 Å². The van der Waals surface area contributed by atoms with Gasteiger partial charge in [-0.05, 0) is 48.5 Å². The van der Waals surface area contributed by atoms with Crippen molar-refractivity contribution in [2.24, 2.45) is 0 Å². The SMILES string of the molecule is O=C(CSc1ccc(NC(=O)/C(=C/c2ccccc2F)NC(=O)c2ccccc2)cc1)Nc1nc(-c2ccccc2)cs1. The number of benzene rings is 4. The van der Waals surface area contributed by atoms with Gasteiger partial charge in [-0.1, -0.05) is 66.7 Å². The van der Waals surface area contributed by atoms with Gasteiger partial charge in [0, 0.05) is 32.7 Å². The molecule has 10 heteroatoms. The standard InChI is InChI=1S/C33H25FN4O3S2/c34-27-14-8-7-13-24(27)19-28(36-31(40)23-11-5-2-6-12-23)32(41)35-25-15-17-26(18-16-25)42-21-30(39)38-33-37-29(20-43-33)22-9-3-1-4-10-22/h1-20H,21H2,(H,35,41)(H,36,40)(H,37,38,39)/b28-19-. The Hall–Kier alpha value is -5.06. The van der Waals surface area contributed by atoms with E-state index < -0.39 is 17.6 Å². The Labute approximate surface area is 255 Å². The first-order chi connectivity index (χ1) is 20.9. The molecule has 0 atom stereocenters. The van der Waals surface area contributed by atoms with Gasteiger partial charge >= 0.3 is 0 Å². The highest BCUT2D eigenvalue weighted by Gasteiger charge is 2.16. The van der Waals surface area contributed by atoms with Crippen LogP contribution in [0.4, 0.5) is 15.2 Å². The Morgan fingerprint density at radius 2 is 1.49 bits per heavy atom. The second kappa shape index (κ2) is 14.2. The molecule has 0 bridgehead atoms. The van der Waals surface area contributed by atoms with E-state index in [4.69, 9.17) is 0 Å². The van der Waals surface area contributed by atoms with Gasteiger partial charge in [0.2, 0.25) is 5.91 Å². The Kier molecular flexibility index (Phi) is 9.73. The van der Waals surface area contributed by atoms with E-state index in [0.29, 0.717) is 16.4 Å². The number of nitrogens with one attached hydrogen (secondary N) is 3. The number of carbonyl (C=O) groups is 3. The van der Waals surface area contributed by atoms with Crippen LogP contribution < -0.4 is 16.0 Å². The molecule has 43 heavy (non-hydrogen) atoms. The predicted octanol–water partition coefficient (Wildman–Crippen LogP) is 7.09. The molecule has 0 fully saturated rings. The van der Waals surface area contributed by atoms with Gasteiger partial charge in [0.05, 0.1) is 11.4 Å². The summed E-state index contributed by atoms with van der Waals surface area (Å²) in [6, 6.07) is 31.0. The number of hydrogen-bond donors (Lipinski definition) is 3. The molecule has 4 aromatic carbocycles. The first kappa shape index (κ1) is 29.4. The van der Waals surface area contributed by atoms with Gasteiger partial charge in [0.15, 0.2) is 5.13 Å². The summed E-state index contributed by atoms with van der Waals surface area (Å²) in [4.78, 5) is 43.7. The van der Waals surface area contributed by atoms with E-state index >= 15 is 0 Å². The number of rotatable bonds is 10. The average Bonchev–Trinajstić information content (AvgIpc) is 3.50. The van der Waals surface area contributed by atoms with Crippen LogP contribution in [0.3, 0.4) is 0 Å². The molecule has 0 aliphatic heterocycles. The molecule has 0 spiro atoms. The first-order valence-corrected chi connectivity index (χ1v) is 15.0. The summed E-state index contributed by atoms with van der Waals surface area (Å²) < 4.78 is 14.3. The maximum Gasteiger partial charge on any atom is 0.272 e. The molecule has 0 unspecified atom stereocenters. The average molecular weight is 609 g/mol. The zero-order valence-corrected chi connectivity index (χ0v) is 24.3. The minimum Gasteiger partial charge on any atom is -0.321 e. The van der Waals surface area contributed by atoms with E-state index in [9.17, 15) is 18.8 Å². The van der Waals surface area contributed by atoms with Gasteiger partial charge in [-0.25, -0.2) is 9.37 Å². The largest absolute Gasteiger partial charge is 0.321 e. The van der Waals surface area contributed by atoms with E-state index in [0.717, 1.165) is 16.2 Å². The maximum atomic E-state index is 14.3. The Bertz CT molecular complexity index is 1760. The minimum atomic E-state index is -0.620. The second-order valence-electron chi connectivity index (χ2n) is 9.12. The number of thioether (sulfide) groups is 1. The van der Waals surface area contributed by atoms with Crippen LogP contribution in [0.25, 0.3) is 17.3 Å². The number of anilines is 2. The molecule has 0 saturated heterocycles. The fourth-order valence-corrected chi connectivity index (χ4v) is 5.33. The molecule has 0 radical (unpaired) electrons. The molecule has 214 valence electrons. The number of nitrogens with zero attached hydrogens (tertiary/aromatic N) is 1. The summed E-state index contributed by atoms with van der Waals surface area (Å²) >= 11 is 2.70. The topological polar surface area (TPSA) is 100 Å². The lowest BCUT2D eigenvalue weighted by atomic mass is 10.1. The minimum absolute atomic E-state index is 0.119. The number of carbonyl (C=O) groups excluding carboxylic acids is 3. The van der Waals surface area contributed by atoms with Crippen LogP contribution in [0.1, 0.15) is 15.9 Å². The van der Waals surface area contributed by atoms with Crippen molar-refractivity contribution >= 4 is 57.7 Å². The van der Waals surface area contributed by atoms with Crippen LogP contribution in [0.5, 0.6) is 0 Å². The zero-order valence-electron chi connectivity index (χ0n) is 22.6. The molecule has 3 N–H and O–H groups in total. The summed E-state index contributed by atoms with van der Waals surface area (Å²) in [5.74, 6) is -1.66. The van der Waals surface area contributed by atoms with Crippen LogP contribution >= 0.6 is 23.1 Å². The molecular weight excluding hydrogens is 584 g/mol. The third-order valence-electron chi connectivity index (χ3n) is 6.04. The lowest BCUT2D eigenvalue weighted by Crippen LogP contribution is -2.30. The molecule has 1 aromatic heterocycles. The van der Waals surface area contributed by atoms with E-state index in [2.05, 4.69) is 20.9 Å². The van der Waals surface area contributed by atoms with Crippen molar-refractivity contribution in [1.29, 1.82) is 0 Å². The lowest BCUT2D eigenvalue weighted by Gasteiger charge is -2.12. The first-order valence-electron chi connectivity index (χ1n) is 13.1. The molecule has 0 saturated carbocycles. The zero-order chi connectivity index (χ0) is 30.0. The van der Waals surface area contributed by atoms with Crippen molar-refractivity contribution in [3.63, 3.8) is 0 Å². The third-order valence-corrected chi connectivity index (χ3v) is 7.81.